The fraction of sp³-hybridized carbons (Fsp3) is 0.182. The van der Waals surface area contributed by atoms with E-state index in [1.54, 1.807) is 0 Å². The predicted molar refractivity (Wildman–Crippen MR) is 124 cm³/mol. The summed E-state index contributed by atoms with van der Waals surface area (Å²) >= 11 is 11.7. The lowest BCUT2D eigenvalue weighted by Gasteiger charge is -2.37. The summed E-state index contributed by atoms with van der Waals surface area (Å²) in [6, 6.07) is 15.7. The zero-order valence-corrected chi connectivity index (χ0v) is 21.4. The highest BCUT2D eigenvalue weighted by atomic mass is 35.5. The molecule has 16 heteroatoms. The fourth-order valence-corrected chi connectivity index (χ4v) is 8.85. The van der Waals surface area contributed by atoms with Crippen LogP contribution in [0.4, 0.5) is 39.5 Å². The molecular formula is C22H14Cl2F9O3S2+. The monoisotopic (exact) mass is 631 g/mol. The van der Waals surface area contributed by atoms with E-state index in [4.69, 9.17) is 23.2 Å². The van der Waals surface area contributed by atoms with Gasteiger partial charge in [0.25, 0.3) is 0 Å². The van der Waals surface area contributed by atoms with Crippen LogP contribution < -0.4 is 0 Å². The lowest BCUT2D eigenvalue weighted by Crippen LogP contribution is -2.63. The van der Waals surface area contributed by atoms with Gasteiger partial charge in [-0.2, -0.15) is 39.5 Å². The van der Waals surface area contributed by atoms with Gasteiger partial charge in [0.05, 0.1) is 25.0 Å². The summed E-state index contributed by atoms with van der Waals surface area (Å²) in [5.74, 6) is -14.9. The second-order valence-corrected chi connectivity index (χ2v) is 13.0. The third-order valence-electron chi connectivity index (χ3n) is 5.04. The molecule has 0 saturated carbocycles. The van der Waals surface area contributed by atoms with Gasteiger partial charge in [-0.15, -0.1) is 8.42 Å². The molecule has 0 saturated heterocycles. The maximum Gasteiger partial charge on any atom is 0.486 e. The van der Waals surface area contributed by atoms with Gasteiger partial charge in [-0.1, -0.05) is 41.4 Å². The molecule has 1 N–H and O–H groups in total. The average Bonchev–Trinajstić information content (AvgIpc) is 2.83. The minimum atomic E-state index is -7.44. The highest BCUT2D eigenvalue weighted by Crippen LogP contribution is 2.69. The Labute approximate surface area is 221 Å². The van der Waals surface area contributed by atoms with Crippen molar-refractivity contribution in [1.82, 2.24) is 0 Å². The minimum absolute atomic E-state index is 0.0794. The molecule has 3 aromatic carbocycles. The van der Waals surface area contributed by atoms with Crippen LogP contribution in [0.15, 0.2) is 93.5 Å². The van der Waals surface area contributed by atoms with E-state index in [-0.39, 0.29) is 24.7 Å². The number of alkyl halides is 9. The number of hydrogen-bond acceptors (Lipinski definition) is 2. The van der Waals surface area contributed by atoms with Crippen molar-refractivity contribution in [1.29, 1.82) is 0 Å². The molecule has 0 spiro atoms. The Bertz CT molecular complexity index is 1340. The second kappa shape index (κ2) is 10.1. The molecule has 38 heavy (non-hydrogen) atoms. The molecule has 3 rings (SSSR count). The van der Waals surface area contributed by atoms with Gasteiger partial charge in [-0.25, -0.2) is 0 Å². The van der Waals surface area contributed by atoms with E-state index < -0.39 is 43.7 Å². The van der Waals surface area contributed by atoms with Crippen molar-refractivity contribution in [2.75, 3.05) is 0 Å². The fourth-order valence-electron chi connectivity index (χ4n) is 3.13. The van der Waals surface area contributed by atoms with Crippen molar-refractivity contribution in [2.24, 2.45) is 0 Å². The number of hydrogen-bond donors (Lipinski definition) is 0. The third-order valence-corrected chi connectivity index (χ3v) is 11.0. The molecule has 0 radical (unpaired) electrons. The maximum atomic E-state index is 14.8. The predicted octanol–water partition coefficient (Wildman–Crippen LogP) is 9.04. The van der Waals surface area contributed by atoms with E-state index in [0.717, 1.165) is 24.3 Å². The summed E-state index contributed by atoms with van der Waals surface area (Å²) in [6.45, 7) is 0. The summed E-state index contributed by atoms with van der Waals surface area (Å²) in [5, 5.41) is -6.85. The summed E-state index contributed by atoms with van der Waals surface area (Å²) in [5.41, 5.74) is 0. The molecule has 0 aliphatic rings. The Balaban J connectivity index is 2.36. The smallest absolute Gasteiger partial charge is 0.257 e. The Kier molecular flexibility index (Phi) is 8.10. The number of rotatable bonds is 8. The van der Waals surface area contributed by atoms with Crippen molar-refractivity contribution >= 4 is 43.6 Å². The molecule has 0 aliphatic carbocycles. The largest absolute Gasteiger partial charge is 0.486 e. The highest BCUT2D eigenvalue weighted by molar-refractivity contribution is 8.32. The first-order valence-electron chi connectivity index (χ1n) is 9.90. The Morgan fingerprint density at radius 1 is 0.553 bits per heavy atom. The van der Waals surface area contributed by atoms with Crippen LogP contribution in [-0.2, 0) is 10.1 Å². The van der Waals surface area contributed by atoms with E-state index in [1.807, 2.05) is 0 Å². The molecule has 0 amide bonds. The number of halogens is 11. The normalized spacial score (nSPS) is 14.4. The molecular weight excluding hydrogens is 618 g/mol. The lowest BCUT2D eigenvalue weighted by molar-refractivity contribution is -0.382. The van der Waals surface area contributed by atoms with Crippen molar-refractivity contribution < 1.29 is 51.6 Å². The van der Waals surface area contributed by atoms with Crippen LogP contribution in [0.25, 0.3) is 0 Å². The lowest BCUT2D eigenvalue weighted by atomic mass is 10.1. The number of benzene rings is 3. The van der Waals surface area contributed by atoms with E-state index in [1.165, 1.54) is 54.6 Å². The first-order valence-corrected chi connectivity index (χ1v) is 13.7. The third kappa shape index (κ3) is 4.96. The SMILES string of the molecule is O=S(=O)([OH+]S(c1ccccc1)(c1ccc(Cl)cc1)c1ccc(Cl)cc1)C(F)(F)C(F)(F)C(F)(F)C(F)(F)F. The summed E-state index contributed by atoms with van der Waals surface area (Å²) in [4.78, 5) is -0.587. The quantitative estimate of drug-likeness (QED) is 0.141. The molecule has 0 aliphatic heterocycles. The van der Waals surface area contributed by atoms with Crippen molar-refractivity contribution in [3.63, 3.8) is 0 Å². The van der Waals surface area contributed by atoms with Gasteiger partial charge in [-0.05, 0) is 60.7 Å². The Hall–Kier alpha value is -2.13. The first kappa shape index (κ1) is 30.4. The van der Waals surface area contributed by atoms with Crippen LogP contribution in [0.5, 0.6) is 0 Å². The topological polar surface area (TPSA) is 46.9 Å². The first-order chi connectivity index (χ1) is 17.3. The molecule has 0 fully saturated rings. The Morgan fingerprint density at radius 2 is 0.921 bits per heavy atom. The molecule has 0 aromatic heterocycles. The zero-order valence-electron chi connectivity index (χ0n) is 18.2. The second-order valence-electron chi connectivity index (χ2n) is 7.51. The van der Waals surface area contributed by atoms with Gasteiger partial charge in [0.2, 0.25) is 0 Å². The van der Waals surface area contributed by atoms with E-state index >= 15 is 0 Å². The zero-order chi connectivity index (χ0) is 28.8. The maximum absolute atomic E-state index is 14.8. The van der Waals surface area contributed by atoms with Crippen LogP contribution in [-0.4, -0.2) is 35.3 Å². The molecule has 208 valence electrons. The summed E-state index contributed by atoms with van der Waals surface area (Å²) in [7, 11) is -11.1. The van der Waals surface area contributed by atoms with Crippen LogP contribution in [0.2, 0.25) is 10.0 Å². The molecule has 3 nitrogen and oxygen atoms in total. The van der Waals surface area contributed by atoms with Gasteiger partial charge in [0.1, 0.15) is 0 Å². The highest BCUT2D eigenvalue weighted by Gasteiger charge is 2.88. The van der Waals surface area contributed by atoms with Crippen molar-refractivity contribution in [3.8, 4) is 0 Å². The van der Waals surface area contributed by atoms with E-state index in [0.29, 0.717) is 0 Å². The molecule has 3 aromatic rings. The average molecular weight is 632 g/mol. The van der Waals surface area contributed by atoms with E-state index in [9.17, 15) is 47.9 Å². The summed E-state index contributed by atoms with van der Waals surface area (Å²) in [6.07, 6.45) is -7.22. The van der Waals surface area contributed by atoms with Gasteiger partial charge in [0, 0.05) is 10.0 Å². The van der Waals surface area contributed by atoms with Gasteiger partial charge >= 0.3 is 33.4 Å². The van der Waals surface area contributed by atoms with E-state index in [2.05, 4.69) is 3.63 Å². The van der Waals surface area contributed by atoms with Gasteiger partial charge in [-0.3, -0.25) is 3.63 Å². The van der Waals surface area contributed by atoms with Crippen LogP contribution >= 0.6 is 33.5 Å². The molecule has 0 atom stereocenters. The Morgan fingerprint density at radius 3 is 1.29 bits per heavy atom. The van der Waals surface area contributed by atoms with Crippen LogP contribution in [0.3, 0.4) is 0 Å². The van der Waals surface area contributed by atoms with Crippen LogP contribution in [0, 0.1) is 0 Å². The van der Waals surface area contributed by atoms with Gasteiger partial charge in [0.15, 0.2) is 0 Å². The minimum Gasteiger partial charge on any atom is -0.257 e. The van der Waals surface area contributed by atoms with Crippen molar-refractivity contribution in [2.45, 2.75) is 38.0 Å². The molecule has 0 bridgehead atoms. The van der Waals surface area contributed by atoms with Crippen LogP contribution in [0.1, 0.15) is 0 Å². The van der Waals surface area contributed by atoms with Gasteiger partial charge < -0.3 is 0 Å². The molecule has 0 unspecified atom stereocenters. The molecule has 0 heterocycles. The summed E-state index contributed by atoms with van der Waals surface area (Å²) < 4.78 is 152. The standard InChI is InChI=1S/C22H13Cl2F9O3S2/c23-14-6-10-17(11-7-14)37(16-4-2-1-3-5-16,18-12-8-15(24)9-13-18)36-38(34,35)22(32,33)20(27,28)19(25,26)21(29,30)31/h1-13H/p+1. The van der Waals surface area contributed by atoms with Crippen molar-refractivity contribution in [3.05, 3.63) is 88.9 Å².